The monoisotopic (exact) mass is 361 g/mol. The second-order valence-electron chi connectivity index (χ2n) is 6.21. The van der Waals surface area contributed by atoms with Crippen LogP contribution in [0, 0.1) is 6.92 Å². The molecule has 0 fully saturated rings. The number of amides is 1. The standard InChI is InChI=1S/C21H19N3OS/c1-15-10-11-20(22-14-15)23-21(25)12-13-24-16-6-2-4-8-18(16)26-19-9-5-3-7-17(19)24/h2-11,14H,12-13H2,1H3,(H,22,23,25). The topological polar surface area (TPSA) is 45.2 Å². The van der Waals surface area contributed by atoms with Gasteiger partial charge in [0.2, 0.25) is 5.91 Å². The van der Waals surface area contributed by atoms with Crippen LogP contribution in [0.25, 0.3) is 0 Å². The van der Waals surface area contributed by atoms with Crippen LogP contribution in [0.4, 0.5) is 17.2 Å². The van der Waals surface area contributed by atoms with Gasteiger partial charge >= 0.3 is 0 Å². The van der Waals surface area contributed by atoms with E-state index < -0.39 is 0 Å². The Morgan fingerprint density at radius 1 is 1.00 bits per heavy atom. The molecule has 0 unspecified atom stereocenters. The number of para-hydroxylation sites is 2. The molecule has 0 spiro atoms. The van der Waals surface area contributed by atoms with Crippen molar-refractivity contribution in [3.63, 3.8) is 0 Å². The van der Waals surface area contributed by atoms with Crippen molar-refractivity contribution in [3.8, 4) is 0 Å². The summed E-state index contributed by atoms with van der Waals surface area (Å²) in [6.45, 7) is 2.59. The van der Waals surface area contributed by atoms with Crippen molar-refractivity contribution in [2.75, 3.05) is 16.8 Å². The van der Waals surface area contributed by atoms with Gasteiger partial charge in [-0.3, -0.25) is 4.79 Å². The van der Waals surface area contributed by atoms with Crippen molar-refractivity contribution >= 4 is 34.9 Å². The SMILES string of the molecule is Cc1ccc(NC(=O)CCN2c3ccccc3Sc3ccccc32)nc1. The van der Waals surface area contributed by atoms with E-state index in [1.54, 1.807) is 18.0 Å². The highest BCUT2D eigenvalue weighted by Crippen LogP contribution is 2.47. The van der Waals surface area contributed by atoms with E-state index in [2.05, 4.69) is 39.5 Å². The molecule has 4 nitrogen and oxygen atoms in total. The highest BCUT2D eigenvalue weighted by molar-refractivity contribution is 7.99. The molecule has 3 aromatic rings. The summed E-state index contributed by atoms with van der Waals surface area (Å²) in [5.74, 6) is 0.560. The fourth-order valence-corrected chi connectivity index (χ4v) is 4.08. The Morgan fingerprint density at radius 2 is 1.65 bits per heavy atom. The van der Waals surface area contributed by atoms with E-state index in [4.69, 9.17) is 0 Å². The molecule has 130 valence electrons. The van der Waals surface area contributed by atoms with Gasteiger partial charge in [-0.05, 0) is 42.8 Å². The maximum atomic E-state index is 12.4. The Morgan fingerprint density at radius 3 is 2.27 bits per heavy atom. The summed E-state index contributed by atoms with van der Waals surface area (Å²) in [5, 5.41) is 2.87. The van der Waals surface area contributed by atoms with Gasteiger partial charge in [-0.25, -0.2) is 4.98 Å². The predicted molar refractivity (Wildman–Crippen MR) is 106 cm³/mol. The Kier molecular flexibility index (Phi) is 4.63. The molecule has 0 saturated heterocycles. The molecule has 4 rings (SSSR count). The molecule has 1 aromatic heterocycles. The van der Waals surface area contributed by atoms with Gasteiger partial charge < -0.3 is 10.2 Å². The molecule has 0 saturated carbocycles. The molecular weight excluding hydrogens is 342 g/mol. The lowest BCUT2D eigenvalue weighted by atomic mass is 10.2. The molecule has 1 aliphatic rings. The van der Waals surface area contributed by atoms with E-state index >= 15 is 0 Å². The zero-order valence-corrected chi connectivity index (χ0v) is 15.3. The van der Waals surface area contributed by atoms with Crippen LogP contribution >= 0.6 is 11.8 Å². The number of nitrogens with one attached hydrogen (secondary N) is 1. The minimum atomic E-state index is -0.0328. The quantitative estimate of drug-likeness (QED) is 0.708. The summed E-state index contributed by atoms with van der Waals surface area (Å²) in [6.07, 6.45) is 2.15. The smallest absolute Gasteiger partial charge is 0.227 e. The average Bonchev–Trinajstić information content (AvgIpc) is 2.67. The van der Waals surface area contributed by atoms with Crippen molar-refractivity contribution < 1.29 is 4.79 Å². The molecule has 0 radical (unpaired) electrons. The van der Waals surface area contributed by atoms with E-state index in [-0.39, 0.29) is 5.91 Å². The highest BCUT2D eigenvalue weighted by Gasteiger charge is 2.23. The van der Waals surface area contributed by atoms with Gasteiger partial charge in [-0.1, -0.05) is 42.1 Å². The molecular formula is C21H19N3OS. The summed E-state index contributed by atoms with van der Waals surface area (Å²) in [4.78, 5) is 21.3. The molecule has 2 aromatic carbocycles. The number of benzene rings is 2. The minimum absolute atomic E-state index is 0.0328. The van der Waals surface area contributed by atoms with Crippen LogP contribution in [0.2, 0.25) is 0 Å². The van der Waals surface area contributed by atoms with Gasteiger partial charge in [0.1, 0.15) is 5.82 Å². The van der Waals surface area contributed by atoms with Gasteiger partial charge in [0, 0.05) is 29.0 Å². The second-order valence-corrected chi connectivity index (χ2v) is 7.29. The fourth-order valence-electron chi connectivity index (χ4n) is 2.98. The number of hydrogen-bond donors (Lipinski definition) is 1. The Hall–Kier alpha value is -2.79. The molecule has 0 bridgehead atoms. The van der Waals surface area contributed by atoms with Gasteiger partial charge in [0.15, 0.2) is 0 Å². The molecule has 26 heavy (non-hydrogen) atoms. The molecule has 0 aliphatic carbocycles. The minimum Gasteiger partial charge on any atom is -0.339 e. The summed E-state index contributed by atoms with van der Waals surface area (Å²) in [6, 6.07) is 20.4. The number of carbonyl (C=O) groups excluding carboxylic acids is 1. The van der Waals surface area contributed by atoms with E-state index in [1.165, 1.54) is 9.79 Å². The summed E-state index contributed by atoms with van der Waals surface area (Å²) >= 11 is 1.77. The zero-order valence-electron chi connectivity index (χ0n) is 14.5. The number of fused-ring (bicyclic) bond motifs is 2. The first-order chi connectivity index (χ1) is 12.7. The predicted octanol–water partition coefficient (Wildman–Crippen LogP) is 5.02. The van der Waals surface area contributed by atoms with Crippen molar-refractivity contribution in [3.05, 3.63) is 72.4 Å². The number of aromatic nitrogens is 1. The number of anilines is 3. The molecule has 5 heteroatoms. The van der Waals surface area contributed by atoms with Gasteiger partial charge in [0.25, 0.3) is 0 Å². The number of carbonyl (C=O) groups is 1. The summed E-state index contributed by atoms with van der Waals surface area (Å²) < 4.78 is 0. The molecule has 1 aliphatic heterocycles. The fraction of sp³-hybridized carbons (Fsp3) is 0.143. The van der Waals surface area contributed by atoms with Crippen molar-refractivity contribution in [2.24, 2.45) is 0 Å². The number of nitrogens with zero attached hydrogens (tertiary/aromatic N) is 2. The number of rotatable bonds is 4. The van der Waals surface area contributed by atoms with Gasteiger partial charge in [-0.15, -0.1) is 0 Å². The van der Waals surface area contributed by atoms with Crippen LogP contribution in [-0.4, -0.2) is 17.4 Å². The average molecular weight is 361 g/mol. The van der Waals surface area contributed by atoms with E-state index in [1.807, 2.05) is 43.3 Å². The zero-order chi connectivity index (χ0) is 17.9. The molecule has 2 heterocycles. The normalized spacial score (nSPS) is 12.3. The largest absolute Gasteiger partial charge is 0.339 e. The molecule has 1 amide bonds. The van der Waals surface area contributed by atoms with Crippen LogP contribution in [-0.2, 0) is 4.79 Å². The van der Waals surface area contributed by atoms with E-state index in [0.29, 0.717) is 18.8 Å². The van der Waals surface area contributed by atoms with Crippen LogP contribution < -0.4 is 10.2 Å². The van der Waals surface area contributed by atoms with Crippen LogP contribution in [0.3, 0.4) is 0 Å². The third-order valence-electron chi connectivity index (χ3n) is 4.27. The van der Waals surface area contributed by atoms with Crippen LogP contribution in [0.15, 0.2) is 76.7 Å². The first-order valence-corrected chi connectivity index (χ1v) is 9.38. The summed E-state index contributed by atoms with van der Waals surface area (Å²) in [7, 11) is 0. The molecule has 0 atom stereocenters. The van der Waals surface area contributed by atoms with E-state index in [9.17, 15) is 4.79 Å². The van der Waals surface area contributed by atoms with Gasteiger partial charge in [0.05, 0.1) is 11.4 Å². The van der Waals surface area contributed by atoms with Crippen LogP contribution in [0.1, 0.15) is 12.0 Å². The third-order valence-corrected chi connectivity index (χ3v) is 5.40. The van der Waals surface area contributed by atoms with Crippen molar-refractivity contribution in [1.29, 1.82) is 0 Å². The first-order valence-electron chi connectivity index (χ1n) is 8.57. The lowest BCUT2D eigenvalue weighted by molar-refractivity contribution is -0.116. The van der Waals surface area contributed by atoms with Crippen molar-refractivity contribution in [2.45, 2.75) is 23.1 Å². The first kappa shape index (κ1) is 16.7. The van der Waals surface area contributed by atoms with Gasteiger partial charge in [-0.2, -0.15) is 0 Å². The lowest BCUT2D eigenvalue weighted by Gasteiger charge is -2.32. The molecule has 1 N–H and O–H groups in total. The number of aryl methyl sites for hydroxylation is 1. The maximum absolute atomic E-state index is 12.4. The van der Waals surface area contributed by atoms with Crippen LogP contribution in [0.5, 0.6) is 0 Å². The Bertz CT molecular complexity index is 894. The maximum Gasteiger partial charge on any atom is 0.227 e. The van der Waals surface area contributed by atoms with E-state index in [0.717, 1.165) is 16.9 Å². The summed E-state index contributed by atoms with van der Waals surface area (Å²) in [5.41, 5.74) is 3.37. The number of hydrogen-bond acceptors (Lipinski definition) is 4. The third kappa shape index (κ3) is 3.44. The number of pyridine rings is 1. The highest BCUT2D eigenvalue weighted by atomic mass is 32.2. The second kappa shape index (κ2) is 7.22. The Balaban J connectivity index is 1.51. The Labute approximate surface area is 157 Å². The van der Waals surface area contributed by atoms with Crippen molar-refractivity contribution in [1.82, 2.24) is 4.98 Å². The lowest BCUT2D eigenvalue weighted by Crippen LogP contribution is -2.26.